The maximum atomic E-state index is 11.6. The molecule has 0 atom stereocenters. The number of Topliss-reactive ketones (excluding diaryl/α,β-unsaturated/α-hetero) is 1. The van der Waals surface area contributed by atoms with E-state index in [2.05, 4.69) is 36.8 Å². The lowest BCUT2D eigenvalue weighted by atomic mass is 10.1. The van der Waals surface area contributed by atoms with Crippen LogP contribution in [0.3, 0.4) is 0 Å². The minimum Gasteiger partial charge on any atom is -0.408 e. The molecule has 0 radical (unpaired) electrons. The van der Waals surface area contributed by atoms with E-state index in [4.69, 9.17) is 4.42 Å². The molecule has 0 bridgehead atoms. The Hall–Kier alpha value is -0.880. The highest BCUT2D eigenvalue weighted by Crippen LogP contribution is 2.19. The summed E-state index contributed by atoms with van der Waals surface area (Å²) in [6, 6.07) is 4.80. The van der Waals surface area contributed by atoms with E-state index < -0.39 is 9.49 Å². The molecule has 0 saturated heterocycles. The summed E-state index contributed by atoms with van der Waals surface area (Å²) in [6.45, 7) is 0. The number of aromatic amines is 1. The number of carbonyl (C=O) groups is 1. The Labute approximate surface area is 101 Å². The highest BCUT2D eigenvalue weighted by molar-refractivity contribution is 9.25. The van der Waals surface area contributed by atoms with E-state index in [0.717, 1.165) is 0 Å². The maximum absolute atomic E-state index is 11.6. The minimum atomic E-state index is -0.524. The number of carbonyl (C=O) groups excluding carboxylic acids is 1. The third-order valence-electron chi connectivity index (χ3n) is 1.90. The average molecular weight is 335 g/mol. The van der Waals surface area contributed by atoms with Gasteiger partial charge in [0, 0.05) is 5.56 Å². The molecule has 6 heteroatoms. The second kappa shape index (κ2) is 3.94. The predicted molar refractivity (Wildman–Crippen MR) is 62.8 cm³/mol. The number of halogens is 2. The maximum Gasteiger partial charge on any atom is 0.417 e. The van der Waals surface area contributed by atoms with Gasteiger partial charge in [0.25, 0.3) is 0 Å². The summed E-state index contributed by atoms with van der Waals surface area (Å²) >= 11 is 6.23. The van der Waals surface area contributed by atoms with Gasteiger partial charge in [0.05, 0.1) is 5.52 Å². The monoisotopic (exact) mass is 333 g/mol. The molecule has 2 aromatic rings. The number of nitrogens with one attached hydrogen (secondary N) is 1. The number of alkyl halides is 2. The molecule has 0 fully saturated rings. The minimum absolute atomic E-state index is 0.124. The summed E-state index contributed by atoms with van der Waals surface area (Å²) in [6.07, 6.45) is 0. The SMILES string of the molecule is O=C(c1ccc2[nH]c(=O)oc2c1)C(Br)Br. The number of aromatic nitrogens is 1. The van der Waals surface area contributed by atoms with Crippen LogP contribution in [0.15, 0.2) is 27.4 Å². The largest absolute Gasteiger partial charge is 0.417 e. The van der Waals surface area contributed by atoms with Crippen molar-refractivity contribution in [3.8, 4) is 0 Å². The van der Waals surface area contributed by atoms with Gasteiger partial charge in [0.15, 0.2) is 11.4 Å². The van der Waals surface area contributed by atoms with Gasteiger partial charge in [-0.05, 0) is 18.2 Å². The lowest BCUT2D eigenvalue weighted by molar-refractivity contribution is 0.101. The molecule has 0 saturated carbocycles. The summed E-state index contributed by atoms with van der Waals surface area (Å²) < 4.78 is 4.41. The quantitative estimate of drug-likeness (QED) is 0.677. The van der Waals surface area contributed by atoms with Crippen LogP contribution in [0, 0.1) is 0 Å². The molecule has 0 aliphatic heterocycles. The number of ketones is 1. The molecule has 78 valence electrons. The van der Waals surface area contributed by atoms with E-state index in [0.29, 0.717) is 16.7 Å². The summed E-state index contributed by atoms with van der Waals surface area (Å²) in [5, 5.41) is 0. The molecule has 1 aromatic heterocycles. The van der Waals surface area contributed by atoms with Crippen LogP contribution in [0.25, 0.3) is 11.1 Å². The van der Waals surface area contributed by atoms with Crippen LogP contribution in [0.5, 0.6) is 0 Å². The Kier molecular flexibility index (Phi) is 2.79. The predicted octanol–water partition coefficient (Wildman–Crippen LogP) is 2.42. The third kappa shape index (κ3) is 2.05. The molecular weight excluding hydrogens is 330 g/mol. The molecule has 0 spiro atoms. The second-order valence-electron chi connectivity index (χ2n) is 2.89. The Morgan fingerprint density at radius 1 is 1.40 bits per heavy atom. The Balaban J connectivity index is 2.55. The van der Waals surface area contributed by atoms with Crippen molar-refractivity contribution in [2.45, 2.75) is 3.74 Å². The van der Waals surface area contributed by atoms with E-state index in [1.807, 2.05) is 0 Å². The third-order valence-corrected chi connectivity index (χ3v) is 2.74. The zero-order valence-electron chi connectivity index (χ0n) is 7.29. The van der Waals surface area contributed by atoms with Gasteiger partial charge in [0.2, 0.25) is 0 Å². The second-order valence-corrected chi connectivity index (χ2v) is 5.95. The molecule has 1 heterocycles. The van der Waals surface area contributed by atoms with Crippen LogP contribution in [0.4, 0.5) is 0 Å². The highest BCUT2D eigenvalue weighted by Gasteiger charge is 2.14. The topological polar surface area (TPSA) is 63.1 Å². The molecule has 0 unspecified atom stereocenters. The van der Waals surface area contributed by atoms with E-state index in [1.54, 1.807) is 12.1 Å². The summed E-state index contributed by atoms with van der Waals surface area (Å²) in [5.41, 5.74) is 1.44. The fraction of sp³-hybridized carbons (Fsp3) is 0.111. The fourth-order valence-electron chi connectivity index (χ4n) is 1.22. The molecule has 0 amide bonds. The van der Waals surface area contributed by atoms with Gasteiger partial charge in [-0.3, -0.25) is 9.78 Å². The summed E-state index contributed by atoms with van der Waals surface area (Å²) in [5.74, 6) is -0.649. The molecule has 1 aromatic carbocycles. The van der Waals surface area contributed by atoms with Gasteiger partial charge in [0.1, 0.15) is 3.74 Å². The number of hydrogen-bond acceptors (Lipinski definition) is 3. The number of rotatable bonds is 2. The molecule has 2 rings (SSSR count). The Morgan fingerprint density at radius 3 is 2.80 bits per heavy atom. The van der Waals surface area contributed by atoms with Crippen molar-refractivity contribution in [2.75, 3.05) is 0 Å². The molecular formula is C9H5Br2NO3. The van der Waals surface area contributed by atoms with Crippen molar-refractivity contribution < 1.29 is 9.21 Å². The van der Waals surface area contributed by atoms with Crippen LogP contribution >= 0.6 is 31.9 Å². The van der Waals surface area contributed by atoms with Crippen molar-refractivity contribution in [3.05, 3.63) is 34.3 Å². The van der Waals surface area contributed by atoms with E-state index in [-0.39, 0.29) is 5.78 Å². The van der Waals surface area contributed by atoms with E-state index in [1.165, 1.54) is 6.07 Å². The normalized spacial score (nSPS) is 11.1. The molecule has 1 N–H and O–H groups in total. The first-order chi connectivity index (χ1) is 7.08. The highest BCUT2D eigenvalue weighted by atomic mass is 79.9. The summed E-state index contributed by atoms with van der Waals surface area (Å²) in [4.78, 5) is 24.9. The van der Waals surface area contributed by atoms with Crippen molar-refractivity contribution >= 4 is 48.7 Å². The van der Waals surface area contributed by atoms with Crippen molar-refractivity contribution in [1.82, 2.24) is 4.98 Å². The number of oxazole rings is 1. The van der Waals surface area contributed by atoms with E-state index >= 15 is 0 Å². The van der Waals surface area contributed by atoms with Crippen molar-refractivity contribution in [1.29, 1.82) is 0 Å². The van der Waals surface area contributed by atoms with Gasteiger partial charge in [-0.2, -0.15) is 0 Å². The van der Waals surface area contributed by atoms with Gasteiger partial charge >= 0.3 is 5.76 Å². The van der Waals surface area contributed by atoms with Gasteiger partial charge in [-0.25, -0.2) is 4.79 Å². The van der Waals surface area contributed by atoms with Crippen LogP contribution in [-0.2, 0) is 0 Å². The van der Waals surface area contributed by atoms with Crippen LogP contribution in [0.1, 0.15) is 10.4 Å². The van der Waals surface area contributed by atoms with Gasteiger partial charge < -0.3 is 4.42 Å². The average Bonchev–Trinajstić information content (AvgIpc) is 2.55. The first kappa shape index (κ1) is 10.6. The standard InChI is InChI=1S/C9H5Br2NO3/c10-8(11)7(13)4-1-2-5-6(3-4)15-9(14)12-5/h1-3,8H,(H,12,14). The van der Waals surface area contributed by atoms with Crippen LogP contribution in [-0.4, -0.2) is 14.5 Å². The molecule has 4 nitrogen and oxygen atoms in total. The molecule has 0 aliphatic rings. The first-order valence-corrected chi connectivity index (χ1v) is 5.86. The van der Waals surface area contributed by atoms with Gasteiger partial charge in [-0.1, -0.05) is 31.9 Å². The zero-order valence-corrected chi connectivity index (χ0v) is 10.5. The number of benzene rings is 1. The Bertz CT molecular complexity index is 570. The van der Waals surface area contributed by atoms with Crippen LogP contribution in [0.2, 0.25) is 0 Å². The molecule has 15 heavy (non-hydrogen) atoms. The first-order valence-electron chi connectivity index (χ1n) is 4.03. The fourth-order valence-corrected chi connectivity index (χ4v) is 1.75. The van der Waals surface area contributed by atoms with Crippen LogP contribution < -0.4 is 5.76 Å². The van der Waals surface area contributed by atoms with Crippen molar-refractivity contribution in [3.63, 3.8) is 0 Å². The number of H-pyrrole nitrogens is 1. The zero-order chi connectivity index (χ0) is 11.0. The summed E-state index contributed by atoms with van der Waals surface area (Å²) in [7, 11) is 0. The number of fused-ring (bicyclic) bond motifs is 1. The lowest BCUT2D eigenvalue weighted by Gasteiger charge is -2.00. The van der Waals surface area contributed by atoms with Gasteiger partial charge in [-0.15, -0.1) is 0 Å². The smallest absolute Gasteiger partial charge is 0.408 e. The lowest BCUT2D eigenvalue weighted by Crippen LogP contribution is -2.06. The van der Waals surface area contributed by atoms with E-state index in [9.17, 15) is 9.59 Å². The Morgan fingerprint density at radius 2 is 2.13 bits per heavy atom. The molecule has 0 aliphatic carbocycles. The number of hydrogen-bond donors (Lipinski definition) is 1. The van der Waals surface area contributed by atoms with Crippen molar-refractivity contribution in [2.24, 2.45) is 0 Å².